The number of rotatable bonds is 10. The topological polar surface area (TPSA) is 132 Å². The number of hydrogen-bond acceptors (Lipinski definition) is 10. The molecule has 1 atom stereocenters. The summed E-state index contributed by atoms with van der Waals surface area (Å²) >= 11 is 1.55. The van der Waals surface area contributed by atoms with Crippen molar-refractivity contribution in [2.24, 2.45) is 0 Å². The molecule has 46 heavy (non-hydrogen) atoms. The van der Waals surface area contributed by atoms with Crippen molar-refractivity contribution in [3.05, 3.63) is 64.8 Å². The number of ether oxygens (including phenoxy) is 1. The minimum atomic E-state index is -0.209. The molecule has 0 unspecified atom stereocenters. The van der Waals surface area contributed by atoms with Crippen molar-refractivity contribution < 1.29 is 14.3 Å². The van der Waals surface area contributed by atoms with Crippen LogP contribution < -0.4 is 15.4 Å². The number of anilines is 2. The van der Waals surface area contributed by atoms with Gasteiger partial charge in [0.25, 0.3) is 5.91 Å². The Hall–Kier alpha value is -4.33. The number of aromatic amines is 1. The largest absolute Gasteiger partial charge is 0.456 e. The smallest absolute Gasteiger partial charge is 0.257 e. The van der Waals surface area contributed by atoms with E-state index in [-0.39, 0.29) is 17.9 Å². The molecule has 3 N–H and O–H groups in total. The van der Waals surface area contributed by atoms with E-state index < -0.39 is 0 Å². The van der Waals surface area contributed by atoms with Crippen LogP contribution in [0.1, 0.15) is 46.6 Å². The van der Waals surface area contributed by atoms with Crippen molar-refractivity contribution in [1.82, 2.24) is 34.9 Å². The summed E-state index contributed by atoms with van der Waals surface area (Å²) in [5.41, 5.74) is 2.16. The number of pyridine rings is 1. The first-order valence-electron chi connectivity index (χ1n) is 15.9. The van der Waals surface area contributed by atoms with E-state index >= 15 is 0 Å². The second kappa shape index (κ2) is 13.2. The van der Waals surface area contributed by atoms with Gasteiger partial charge < -0.3 is 19.9 Å². The summed E-state index contributed by atoms with van der Waals surface area (Å²) in [5, 5.41) is 15.3. The van der Waals surface area contributed by atoms with E-state index in [1.165, 1.54) is 17.7 Å². The number of fused-ring (bicyclic) bond motifs is 2. The van der Waals surface area contributed by atoms with Gasteiger partial charge in [0.1, 0.15) is 16.9 Å². The summed E-state index contributed by atoms with van der Waals surface area (Å²) in [4.78, 5) is 42.6. The van der Waals surface area contributed by atoms with E-state index in [0.717, 1.165) is 56.5 Å². The normalized spacial score (nSPS) is 18.7. The molecule has 3 aromatic heterocycles. The van der Waals surface area contributed by atoms with Crippen molar-refractivity contribution in [3.8, 4) is 11.5 Å². The van der Waals surface area contributed by atoms with Crippen LogP contribution in [-0.4, -0.2) is 99.0 Å². The molecule has 1 aromatic carbocycles. The number of piperidine rings is 1. The first-order chi connectivity index (χ1) is 22.4. The summed E-state index contributed by atoms with van der Waals surface area (Å²) in [6.07, 6.45) is 10.6. The molecule has 7 rings (SSSR count). The molecule has 12 nitrogen and oxygen atoms in total. The van der Waals surface area contributed by atoms with E-state index in [9.17, 15) is 9.59 Å². The van der Waals surface area contributed by atoms with E-state index in [4.69, 9.17) is 4.74 Å². The first-order valence-corrected chi connectivity index (χ1v) is 16.7. The molecule has 2 aliphatic heterocycles. The van der Waals surface area contributed by atoms with Crippen LogP contribution in [0.5, 0.6) is 11.5 Å². The van der Waals surface area contributed by atoms with E-state index in [2.05, 4.69) is 54.7 Å². The highest BCUT2D eigenvalue weighted by atomic mass is 32.1. The zero-order valence-electron chi connectivity index (χ0n) is 26.2. The van der Waals surface area contributed by atoms with Crippen LogP contribution in [0.25, 0.3) is 11.0 Å². The highest BCUT2D eigenvalue weighted by Gasteiger charge is 2.26. The lowest BCUT2D eigenvalue weighted by molar-refractivity contribution is -0.127. The number of H-pyrrole nitrogens is 1. The first kappa shape index (κ1) is 30.3. The van der Waals surface area contributed by atoms with Crippen LogP contribution in [0.3, 0.4) is 0 Å². The average Bonchev–Trinajstić information content (AvgIpc) is 3.72. The minimum absolute atomic E-state index is 0.0434. The average molecular weight is 642 g/mol. The molecule has 3 aliphatic rings. The van der Waals surface area contributed by atoms with E-state index in [1.54, 1.807) is 53.9 Å². The summed E-state index contributed by atoms with van der Waals surface area (Å²) in [5.74, 6) is 1.64. The summed E-state index contributed by atoms with van der Waals surface area (Å²) in [6, 6.07) is 9.54. The number of likely N-dealkylation sites (tertiary alicyclic amines) is 1. The lowest BCUT2D eigenvalue weighted by atomic mass is 10.1. The van der Waals surface area contributed by atoms with Crippen molar-refractivity contribution in [3.63, 3.8) is 0 Å². The second-order valence-electron chi connectivity index (χ2n) is 12.4. The molecular weight excluding hydrogens is 602 g/mol. The lowest BCUT2D eigenvalue weighted by Crippen LogP contribution is -2.44. The van der Waals surface area contributed by atoms with Crippen LogP contribution >= 0.6 is 11.3 Å². The number of nitrogens with one attached hydrogen (secondary N) is 3. The van der Waals surface area contributed by atoms with Crippen LogP contribution in [-0.2, 0) is 17.8 Å². The number of carbonyl (C=O) groups is 2. The maximum Gasteiger partial charge on any atom is 0.257 e. The Balaban J connectivity index is 0.985. The van der Waals surface area contributed by atoms with E-state index in [0.29, 0.717) is 46.2 Å². The summed E-state index contributed by atoms with van der Waals surface area (Å²) in [6.45, 7) is 3.94. The summed E-state index contributed by atoms with van der Waals surface area (Å²) < 4.78 is 6.28. The number of amides is 2. The molecule has 13 heteroatoms. The predicted molar refractivity (Wildman–Crippen MR) is 179 cm³/mol. The molecule has 0 bridgehead atoms. The fourth-order valence-corrected chi connectivity index (χ4v) is 7.00. The third-order valence-electron chi connectivity index (χ3n) is 8.80. The van der Waals surface area contributed by atoms with Crippen LogP contribution in [0.4, 0.5) is 10.9 Å². The van der Waals surface area contributed by atoms with Gasteiger partial charge in [-0.15, -0.1) is 11.3 Å². The molecule has 1 saturated carbocycles. The maximum atomic E-state index is 13.0. The molecule has 1 saturated heterocycles. The van der Waals surface area contributed by atoms with Gasteiger partial charge >= 0.3 is 0 Å². The van der Waals surface area contributed by atoms with Gasteiger partial charge in [-0.1, -0.05) is 6.08 Å². The van der Waals surface area contributed by atoms with Crippen molar-refractivity contribution in [1.29, 1.82) is 0 Å². The quantitative estimate of drug-likeness (QED) is 0.214. The van der Waals surface area contributed by atoms with Gasteiger partial charge in [0.2, 0.25) is 5.91 Å². The van der Waals surface area contributed by atoms with Gasteiger partial charge in [0.05, 0.1) is 5.69 Å². The van der Waals surface area contributed by atoms with Crippen molar-refractivity contribution in [2.75, 3.05) is 50.9 Å². The minimum Gasteiger partial charge on any atom is -0.456 e. The molecule has 4 aromatic rings. The zero-order chi connectivity index (χ0) is 31.6. The number of nitrogens with zero attached hydrogens (tertiary/aromatic N) is 6. The number of benzene rings is 1. The summed E-state index contributed by atoms with van der Waals surface area (Å²) in [7, 11) is 4.19. The van der Waals surface area contributed by atoms with Gasteiger partial charge in [-0.3, -0.25) is 24.9 Å². The lowest BCUT2D eigenvalue weighted by Gasteiger charge is -2.32. The zero-order valence-corrected chi connectivity index (χ0v) is 27.0. The Kier molecular flexibility index (Phi) is 8.69. The van der Waals surface area contributed by atoms with Crippen LogP contribution in [0, 0.1) is 0 Å². The maximum absolute atomic E-state index is 13.0. The van der Waals surface area contributed by atoms with Gasteiger partial charge in [-0.2, -0.15) is 5.10 Å². The number of likely N-dealkylation sites (N-methyl/N-ethyl adjacent to an activating group) is 2. The van der Waals surface area contributed by atoms with Crippen LogP contribution in [0.2, 0.25) is 0 Å². The Labute approximate surface area is 271 Å². The molecule has 2 amide bonds. The molecular formula is C33H39N9O3S. The number of hydrogen-bond donors (Lipinski definition) is 3. The third kappa shape index (κ3) is 6.91. The molecule has 240 valence electrons. The van der Waals surface area contributed by atoms with Crippen molar-refractivity contribution >= 4 is 45.1 Å². The Bertz CT molecular complexity index is 1750. The fourth-order valence-electron chi connectivity index (χ4n) is 6.04. The molecule has 0 radical (unpaired) electrons. The molecule has 0 spiro atoms. The molecule has 2 fully saturated rings. The monoisotopic (exact) mass is 641 g/mol. The van der Waals surface area contributed by atoms with Crippen molar-refractivity contribution in [2.45, 2.75) is 50.7 Å². The van der Waals surface area contributed by atoms with Gasteiger partial charge in [-0.25, -0.2) is 9.97 Å². The second-order valence-corrected chi connectivity index (χ2v) is 13.5. The van der Waals surface area contributed by atoms with Gasteiger partial charge in [0, 0.05) is 73.6 Å². The fraction of sp³-hybridized carbons (Fsp3) is 0.424. The van der Waals surface area contributed by atoms with Gasteiger partial charge in [0.15, 0.2) is 16.6 Å². The van der Waals surface area contributed by atoms with Crippen LogP contribution in [0.15, 0.2) is 48.7 Å². The van der Waals surface area contributed by atoms with E-state index in [1.807, 2.05) is 11.0 Å². The molecule has 1 aliphatic carbocycles. The third-order valence-corrected chi connectivity index (χ3v) is 9.88. The number of aromatic nitrogens is 4. The van der Waals surface area contributed by atoms with Gasteiger partial charge in [-0.05, 0) is 70.5 Å². The Morgan fingerprint density at radius 3 is 2.85 bits per heavy atom. The standard InChI is InChI=1S/C33H39N9O3S/c1-40-18-14-27-25(20-40)36-33(46-27)37-32(44)21-7-11-24(12-8-21)45-26-13-15-34-30-29(26)31(39-38-30)35-22-5-3-17-42(19-22)28(43)6-4-16-41(2)23-9-10-23/h4,6-8,11-13,15,22-23H,3,5,9-10,14,16-20H2,1-2H3,(H,36,37,44)(H2,34,35,38,39)/t22-/m1/s1. The Morgan fingerprint density at radius 1 is 1.17 bits per heavy atom. The highest BCUT2D eigenvalue weighted by Crippen LogP contribution is 2.34. The predicted octanol–water partition coefficient (Wildman–Crippen LogP) is 4.50. The number of thiazole rings is 1. The number of carbonyl (C=O) groups excluding carboxylic acids is 2. The Morgan fingerprint density at radius 2 is 2.02 bits per heavy atom. The highest BCUT2D eigenvalue weighted by molar-refractivity contribution is 7.15. The SMILES string of the molecule is CN1CCc2sc(NC(=O)c3ccc(Oc4ccnc5[nH]nc(N[C@@H]6CCCN(C(=O)C=CCN(C)C7CC7)C6)c45)cc3)nc2C1. The molecule has 5 heterocycles.